The summed E-state index contributed by atoms with van der Waals surface area (Å²) < 4.78 is 6.97. The van der Waals surface area contributed by atoms with Gasteiger partial charge < -0.3 is 10.1 Å². The number of hydrogen-bond donors (Lipinski definition) is 1. The average molecular weight is 378 g/mol. The first-order valence-corrected chi connectivity index (χ1v) is 8.04. The van der Waals surface area contributed by atoms with Gasteiger partial charge in [0, 0.05) is 16.6 Å². The SMILES string of the molecule is O=C(COc1ccc(-n2cnnn2)cc1)NCc1ccc(Cl)cc1Cl. The summed E-state index contributed by atoms with van der Waals surface area (Å²) in [4.78, 5) is 11.9. The summed E-state index contributed by atoms with van der Waals surface area (Å²) in [6.45, 7) is 0.200. The van der Waals surface area contributed by atoms with E-state index < -0.39 is 0 Å². The molecule has 0 unspecified atom stereocenters. The standard InChI is InChI=1S/C16H13Cl2N5O2/c17-12-2-1-11(15(18)7-12)8-19-16(24)9-25-14-5-3-13(4-6-14)23-10-20-21-22-23/h1-7,10H,8-9H2,(H,19,24). The maximum absolute atomic E-state index is 11.9. The van der Waals surface area contributed by atoms with Crippen LogP contribution in [0.15, 0.2) is 48.8 Å². The van der Waals surface area contributed by atoms with Gasteiger partial charge in [-0.3, -0.25) is 4.79 Å². The Morgan fingerprint density at radius 1 is 1.16 bits per heavy atom. The number of nitrogens with zero attached hydrogens (tertiary/aromatic N) is 4. The van der Waals surface area contributed by atoms with Crippen molar-refractivity contribution in [3.05, 3.63) is 64.4 Å². The molecule has 1 heterocycles. The van der Waals surface area contributed by atoms with Gasteiger partial charge in [-0.15, -0.1) is 5.10 Å². The van der Waals surface area contributed by atoms with E-state index in [9.17, 15) is 4.79 Å². The molecule has 3 rings (SSSR count). The van der Waals surface area contributed by atoms with Crippen LogP contribution < -0.4 is 10.1 Å². The molecule has 0 saturated heterocycles. The highest BCUT2D eigenvalue weighted by molar-refractivity contribution is 6.35. The van der Waals surface area contributed by atoms with E-state index in [0.717, 1.165) is 11.3 Å². The topological polar surface area (TPSA) is 81.9 Å². The van der Waals surface area contributed by atoms with E-state index in [1.807, 2.05) is 0 Å². The average Bonchev–Trinajstić information content (AvgIpc) is 3.14. The minimum absolute atomic E-state index is 0.102. The van der Waals surface area contributed by atoms with Crippen LogP contribution in [0.25, 0.3) is 5.69 Å². The minimum atomic E-state index is -0.254. The highest BCUT2D eigenvalue weighted by atomic mass is 35.5. The van der Waals surface area contributed by atoms with E-state index in [1.54, 1.807) is 42.5 Å². The third-order valence-corrected chi connectivity index (χ3v) is 3.90. The Hall–Kier alpha value is -2.64. The Morgan fingerprint density at radius 2 is 1.96 bits per heavy atom. The van der Waals surface area contributed by atoms with Crippen LogP contribution in [0.1, 0.15) is 5.56 Å². The second-order valence-corrected chi connectivity index (χ2v) is 5.89. The largest absolute Gasteiger partial charge is 0.484 e. The van der Waals surface area contributed by atoms with Crippen molar-refractivity contribution in [2.75, 3.05) is 6.61 Å². The number of hydrogen-bond acceptors (Lipinski definition) is 5. The molecule has 9 heteroatoms. The molecule has 1 aromatic heterocycles. The molecule has 1 N–H and O–H groups in total. The number of rotatable bonds is 6. The molecule has 0 spiro atoms. The first kappa shape index (κ1) is 17.2. The molecule has 2 aromatic carbocycles. The molecule has 7 nitrogen and oxygen atoms in total. The minimum Gasteiger partial charge on any atom is -0.484 e. The molecule has 0 bridgehead atoms. The predicted octanol–water partition coefficient (Wildman–Crippen LogP) is 2.66. The normalized spacial score (nSPS) is 10.5. The lowest BCUT2D eigenvalue weighted by Gasteiger charge is -2.09. The Balaban J connectivity index is 1.49. The van der Waals surface area contributed by atoms with Crippen LogP contribution in [-0.4, -0.2) is 32.7 Å². The lowest BCUT2D eigenvalue weighted by atomic mass is 10.2. The number of benzene rings is 2. The van der Waals surface area contributed by atoms with Crippen LogP contribution in [0.5, 0.6) is 5.75 Å². The van der Waals surface area contributed by atoms with Gasteiger partial charge in [0.1, 0.15) is 12.1 Å². The summed E-state index contributed by atoms with van der Waals surface area (Å²) in [5.41, 5.74) is 1.57. The Labute approximate surface area is 153 Å². The predicted molar refractivity (Wildman–Crippen MR) is 93.0 cm³/mol. The highest BCUT2D eigenvalue weighted by Crippen LogP contribution is 2.20. The van der Waals surface area contributed by atoms with E-state index in [0.29, 0.717) is 22.3 Å². The fourth-order valence-corrected chi connectivity index (χ4v) is 2.51. The van der Waals surface area contributed by atoms with Gasteiger partial charge >= 0.3 is 0 Å². The quantitative estimate of drug-likeness (QED) is 0.713. The Bertz CT molecular complexity index is 853. The molecule has 0 aliphatic carbocycles. The maximum atomic E-state index is 11.9. The lowest BCUT2D eigenvalue weighted by molar-refractivity contribution is -0.123. The van der Waals surface area contributed by atoms with Crippen LogP contribution in [0, 0.1) is 0 Å². The molecule has 0 aliphatic heterocycles. The number of tetrazole rings is 1. The molecule has 1 amide bonds. The number of amides is 1. The zero-order valence-electron chi connectivity index (χ0n) is 12.9. The summed E-state index contributed by atoms with van der Waals surface area (Å²) in [5, 5.41) is 14.7. The second-order valence-electron chi connectivity index (χ2n) is 5.05. The van der Waals surface area contributed by atoms with Crippen molar-refractivity contribution < 1.29 is 9.53 Å². The first-order valence-electron chi connectivity index (χ1n) is 7.28. The van der Waals surface area contributed by atoms with Gasteiger partial charge in [0.05, 0.1) is 5.69 Å². The van der Waals surface area contributed by atoms with Gasteiger partial charge in [-0.1, -0.05) is 29.3 Å². The summed E-state index contributed by atoms with van der Waals surface area (Å²) in [6.07, 6.45) is 1.49. The van der Waals surface area contributed by atoms with Gasteiger partial charge in [0.2, 0.25) is 0 Å². The van der Waals surface area contributed by atoms with Crippen LogP contribution >= 0.6 is 23.2 Å². The molecule has 0 aliphatic rings. The van der Waals surface area contributed by atoms with Gasteiger partial charge in [-0.05, 0) is 52.4 Å². The van der Waals surface area contributed by atoms with Crippen LogP contribution in [0.2, 0.25) is 10.0 Å². The molecular formula is C16H13Cl2N5O2. The fourth-order valence-electron chi connectivity index (χ4n) is 2.03. The van der Waals surface area contributed by atoms with Crippen molar-refractivity contribution in [3.63, 3.8) is 0 Å². The number of halogens is 2. The van der Waals surface area contributed by atoms with Gasteiger partial charge in [0.25, 0.3) is 5.91 Å². The van der Waals surface area contributed by atoms with E-state index in [-0.39, 0.29) is 12.5 Å². The molecule has 0 radical (unpaired) electrons. The van der Waals surface area contributed by atoms with Gasteiger partial charge in [0.15, 0.2) is 6.61 Å². The monoisotopic (exact) mass is 377 g/mol. The van der Waals surface area contributed by atoms with Crippen molar-refractivity contribution >= 4 is 29.1 Å². The van der Waals surface area contributed by atoms with Gasteiger partial charge in [-0.2, -0.15) is 0 Å². The van der Waals surface area contributed by atoms with E-state index in [1.165, 1.54) is 11.0 Å². The lowest BCUT2D eigenvalue weighted by Crippen LogP contribution is -2.28. The zero-order chi connectivity index (χ0) is 17.6. The molecule has 0 fully saturated rings. The van der Waals surface area contributed by atoms with Crippen molar-refractivity contribution in [2.24, 2.45) is 0 Å². The van der Waals surface area contributed by atoms with Crippen molar-refractivity contribution in [3.8, 4) is 11.4 Å². The number of ether oxygens (including phenoxy) is 1. The van der Waals surface area contributed by atoms with E-state index in [2.05, 4.69) is 20.8 Å². The number of aromatic nitrogens is 4. The molecule has 0 atom stereocenters. The third-order valence-electron chi connectivity index (χ3n) is 3.31. The van der Waals surface area contributed by atoms with E-state index in [4.69, 9.17) is 27.9 Å². The molecule has 128 valence electrons. The summed E-state index contributed by atoms with van der Waals surface area (Å²) in [5.74, 6) is 0.312. The Kier molecular flexibility index (Phi) is 5.47. The van der Waals surface area contributed by atoms with Crippen molar-refractivity contribution in [1.29, 1.82) is 0 Å². The zero-order valence-corrected chi connectivity index (χ0v) is 14.4. The molecular weight excluding hydrogens is 365 g/mol. The number of nitrogens with one attached hydrogen (secondary N) is 1. The summed E-state index contributed by atoms with van der Waals surface area (Å²) >= 11 is 11.9. The van der Waals surface area contributed by atoms with Crippen LogP contribution in [0.4, 0.5) is 0 Å². The summed E-state index contributed by atoms with van der Waals surface area (Å²) in [6, 6.07) is 12.2. The number of carbonyl (C=O) groups excluding carboxylic acids is 1. The molecule has 0 saturated carbocycles. The van der Waals surface area contributed by atoms with E-state index >= 15 is 0 Å². The second kappa shape index (κ2) is 7.96. The Morgan fingerprint density at radius 3 is 2.64 bits per heavy atom. The van der Waals surface area contributed by atoms with Crippen molar-refractivity contribution in [1.82, 2.24) is 25.5 Å². The van der Waals surface area contributed by atoms with Crippen LogP contribution in [0.3, 0.4) is 0 Å². The fraction of sp³-hybridized carbons (Fsp3) is 0.125. The third kappa shape index (κ3) is 4.68. The maximum Gasteiger partial charge on any atom is 0.258 e. The highest BCUT2D eigenvalue weighted by Gasteiger charge is 2.06. The summed E-state index contributed by atoms with van der Waals surface area (Å²) in [7, 11) is 0. The molecule has 25 heavy (non-hydrogen) atoms. The molecule has 3 aromatic rings. The van der Waals surface area contributed by atoms with Gasteiger partial charge in [-0.25, -0.2) is 4.68 Å². The smallest absolute Gasteiger partial charge is 0.258 e. The number of carbonyl (C=O) groups is 1. The van der Waals surface area contributed by atoms with Crippen LogP contribution in [-0.2, 0) is 11.3 Å². The van der Waals surface area contributed by atoms with Crippen molar-refractivity contribution in [2.45, 2.75) is 6.54 Å². The first-order chi connectivity index (χ1) is 12.1.